The molecule has 0 radical (unpaired) electrons. The minimum Gasteiger partial charge on any atom is -0.479 e. The first kappa shape index (κ1) is 19.1. The zero-order valence-electron chi connectivity index (χ0n) is 14.1. The van der Waals surface area contributed by atoms with E-state index in [1.165, 1.54) is 6.92 Å². The molecule has 134 valence electrons. The van der Waals surface area contributed by atoms with Gasteiger partial charge in [-0.15, -0.1) is 0 Å². The maximum Gasteiger partial charge on any atom is 0.347 e. The smallest absolute Gasteiger partial charge is 0.347 e. The SMILES string of the molecule is C[C@H](Oc1ccc(Cl)cc1)C(=O)OCC(=O)NC1(C#N)CCCCC1. The lowest BCUT2D eigenvalue weighted by atomic mass is 9.83. The van der Waals surface area contributed by atoms with Crippen molar-refractivity contribution in [1.29, 1.82) is 5.26 Å². The van der Waals surface area contributed by atoms with E-state index in [0.717, 1.165) is 19.3 Å². The number of nitrogens with zero attached hydrogens (tertiary/aromatic N) is 1. The zero-order chi connectivity index (χ0) is 18.3. The Bertz CT molecular complexity index is 648. The number of ether oxygens (including phenoxy) is 2. The number of nitriles is 1. The number of hydrogen-bond donors (Lipinski definition) is 1. The average molecular weight is 365 g/mol. The molecule has 6 nitrogen and oxygen atoms in total. The topological polar surface area (TPSA) is 88.4 Å². The molecule has 1 aliphatic carbocycles. The van der Waals surface area contributed by atoms with Gasteiger partial charge < -0.3 is 14.8 Å². The summed E-state index contributed by atoms with van der Waals surface area (Å²) in [6.45, 7) is 1.10. The van der Waals surface area contributed by atoms with Crippen LogP contribution in [0, 0.1) is 11.3 Å². The quantitative estimate of drug-likeness (QED) is 0.784. The number of amides is 1. The number of hydrogen-bond acceptors (Lipinski definition) is 5. The van der Waals surface area contributed by atoms with Crippen LogP contribution in [0.1, 0.15) is 39.0 Å². The van der Waals surface area contributed by atoms with Crippen molar-refractivity contribution >= 4 is 23.5 Å². The van der Waals surface area contributed by atoms with Crippen molar-refractivity contribution in [3.63, 3.8) is 0 Å². The second kappa shape index (κ2) is 8.72. The first-order valence-corrected chi connectivity index (χ1v) is 8.63. The molecule has 1 atom stereocenters. The first-order chi connectivity index (χ1) is 11.9. The average Bonchev–Trinajstić information content (AvgIpc) is 2.62. The Morgan fingerprint density at radius 2 is 1.92 bits per heavy atom. The second-order valence-electron chi connectivity index (χ2n) is 6.12. The molecular formula is C18H21ClN2O4. The molecule has 2 rings (SSSR count). The molecule has 1 fully saturated rings. The summed E-state index contributed by atoms with van der Waals surface area (Å²) in [5.74, 6) is -0.654. The van der Waals surface area contributed by atoms with Crippen LogP contribution in [0.5, 0.6) is 5.75 Å². The van der Waals surface area contributed by atoms with Gasteiger partial charge in [0.25, 0.3) is 5.91 Å². The summed E-state index contributed by atoms with van der Waals surface area (Å²) in [6, 6.07) is 8.76. The van der Waals surface area contributed by atoms with Gasteiger partial charge in [-0.3, -0.25) is 4.79 Å². The van der Waals surface area contributed by atoms with E-state index < -0.39 is 30.1 Å². The maximum atomic E-state index is 12.0. The normalized spacial score (nSPS) is 17.0. The molecule has 25 heavy (non-hydrogen) atoms. The summed E-state index contributed by atoms with van der Waals surface area (Å²) < 4.78 is 10.4. The molecule has 1 N–H and O–H groups in total. The molecule has 1 saturated carbocycles. The number of halogens is 1. The fraction of sp³-hybridized carbons (Fsp3) is 0.500. The van der Waals surface area contributed by atoms with E-state index in [1.54, 1.807) is 24.3 Å². The number of carbonyl (C=O) groups is 2. The van der Waals surface area contributed by atoms with E-state index in [9.17, 15) is 14.9 Å². The van der Waals surface area contributed by atoms with Crippen molar-refractivity contribution in [2.45, 2.75) is 50.7 Å². The summed E-state index contributed by atoms with van der Waals surface area (Å²) in [7, 11) is 0. The van der Waals surface area contributed by atoms with Crippen LogP contribution in [-0.4, -0.2) is 30.1 Å². The highest BCUT2D eigenvalue weighted by molar-refractivity contribution is 6.30. The van der Waals surface area contributed by atoms with Crippen molar-refractivity contribution in [3.8, 4) is 11.8 Å². The van der Waals surface area contributed by atoms with E-state index in [4.69, 9.17) is 21.1 Å². The predicted molar refractivity (Wildman–Crippen MR) is 92.1 cm³/mol. The van der Waals surface area contributed by atoms with Crippen LogP contribution in [0.4, 0.5) is 0 Å². The zero-order valence-corrected chi connectivity index (χ0v) is 14.8. The van der Waals surface area contributed by atoms with Crippen LogP contribution < -0.4 is 10.1 Å². The minimum atomic E-state index is -0.867. The molecule has 0 aromatic heterocycles. The van der Waals surface area contributed by atoms with Gasteiger partial charge in [0.15, 0.2) is 12.7 Å². The molecule has 1 aromatic carbocycles. The van der Waals surface area contributed by atoms with Crippen molar-refractivity contribution in [2.75, 3.05) is 6.61 Å². The Labute approximate surface area is 152 Å². The van der Waals surface area contributed by atoms with E-state index in [-0.39, 0.29) is 0 Å². The van der Waals surface area contributed by atoms with Crippen molar-refractivity contribution in [1.82, 2.24) is 5.32 Å². The Balaban J connectivity index is 1.79. The molecule has 1 amide bonds. The van der Waals surface area contributed by atoms with Gasteiger partial charge in [-0.2, -0.15) is 5.26 Å². The molecule has 0 bridgehead atoms. The monoisotopic (exact) mass is 364 g/mol. The van der Waals surface area contributed by atoms with Crippen LogP contribution in [0.2, 0.25) is 5.02 Å². The first-order valence-electron chi connectivity index (χ1n) is 8.25. The Morgan fingerprint density at radius 1 is 1.28 bits per heavy atom. The molecule has 7 heteroatoms. The minimum absolute atomic E-state index is 0.434. The molecule has 0 heterocycles. The van der Waals surface area contributed by atoms with Crippen molar-refractivity contribution in [3.05, 3.63) is 29.3 Å². The van der Waals surface area contributed by atoms with Crippen LogP contribution >= 0.6 is 11.6 Å². The number of nitrogens with one attached hydrogen (secondary N) is 1. The van der Waals surface area contributed by atoms with Gasteiger partial charge in [0.1, 0.15) is 11.3 Å². The van der Waals surface area contributed by atoms with Crippen molar-refractivity contribution < 1.29 is 19.1 Å². The Hall–Kier alpha value is -2.26. The predicted octanol–water partition coefficient (Wildman–Crippen LogP) is 2.99. The van der Waals surface area contributed by atoms with Gasteiger partial charge in [0, 0.05) is 5.02 Å². The fourth-order valence-corrected chi connectivity index (χ4v) is 2.87. The van der Waals surface area contributed by atoms with Gasteiger partial charge in [-0.25, -0.2) is 4.79 Å². The number of carbonyl (C=O) groups excluding carboxylic acids is 2. The largest absolute Gasteiger partial charge is 0.479 e. The standard InChI is InChI=1S/C18H21ClN2O4/c1-13(25-15-7-5-14(19)6-8-15)17(23)24-11-16(22)21-18(12-20)9-3-2-4-10-18/h5-8,13H,2-4,9-11H2,1H3,(H,21,22)/t13-/m0/s1. The van der Waals surface area contributed by atoms with Gasteiger partial charge in [0.05, 0.1) is 6.07 Å². The van der Waals surface area contributed by atoms with E-state index in [1.807, 2.05) is 0 Å². The van der Waals surface area contributed by atoms with Gasteiger partial charge >= 0.3 is 5.97 Å². The Kier molecular flexibility index (Phi) is 6.65. The summed E-state index contributed by atoms with van der Waals surface area (Å²) in [4.78, 5) is 23.9. The highest BCUT2D eigenvalue weighted by atomic mass is 35.5. The Morgan fingerprint density at radius 3 is 2.52 bits per heavy atom. The summed E-state index contributed by atoms with van der Waals surface area (Å²) in [5, 5.41) is 12.6. The molecule has 1 aliphatic rings. The summed E-state index contributed by atoms with van der Waals surface area (Å²) >= 11 is 5.78. The molecule has 1 aromatic rings. The number of esters is 1. The van der Waals surface area contributed by atoms with Crippen LogP contribution in [0.15, 0.2) is 24.3 Å². The maximum absolute atomic E-state index is 12.0. The van der Waals surface area contributed by atoms with Crippen LogP contribution in [-0.2, 0) is 14.3 Å². The number of benzene rings is 1. The lowest BCUT2D eigenvalue weighted by molar-refractivity contribution is -0.155. The fourth-order valence-electron chi connectivity index (χ4n) is 2.74. The van der Waals surface area contributed by atoms with Crippen LogP contribution in [0.3, 0.4) is 0 Å². The molecular weight excluding hydrogens is 344 g/mol. The van der Waals surface area contributed by atoms with E-state index >= 15 is 0 Å². The van der Waals surface area contributed by atoms with Crippen molar-refractivity contribution in [2.24, 2.45) is 0 Å². The highest BCUT2D eigenvalue weighted by Crippen LogP contribution is 2.27. The second-order valence-corrected chi connectivity index (χ2v) is 6.56. The third-order valence-corrected chi connectivity index (χ3v) is 4.36. The highest BCUT2D eigenvalue weighted by Gasteiger charge is 2.33. The molecule has 0 unspecified atom stereocenters. The third kappa shape index (κ3) is 5.64. The number of rotatable bonds is 6. The summed E-state index contributed by atoms with van der Waals surface area (Å²) in [5.41, 5.74) is -0.840. The van der Waals surface area contributed by atoms with Gasteiger partial charge in [-0.05, 0) is 44.0 Å². The van der Waals surface area contributed by atoms with Crippen LogP contribution in [0.25, 0.3) is 0 Å². The molecule has 0 saturated heterocycles. The molecule has 0 spiro atoms. The molecule has 0 aliphatic heterocycles. The lowest BCUT2D eigenvalue weighted by Crippen LogP contribution is -2.50. The van der Waals surface area contributed by atoms with Gasteiger partial charge in [-0.1, -0.05) is 30.9 Å². The van der Waals surface area contributed by atoms with Gasteiger partial charge in [0.2, 0.25) is 0 Å². The van der Waals surface area contributed by atoms with E-state index in [2.05, 4.69) is 11.4 Å². The summed E-state index contributed by atoms with van der Waals surface area (Å²) in [6.07, 6.45) is 3.25. The lowest BCUT2D eigenvalue weighted by Gasteiger charge is -2.31. The third-order valence-electron chi connectivity index (χ3n) is 4.10. The van der Waals surface area contributed by atoms with E-state index in [0.29, 0.717) is 23.6 Å².